The Morgan fingerprint density at radius 1 is 1.17 bits per heavy atom. The zero-order chi connectivity index (χ0) is 20.8. The fourth-order valence-corrected chi connectivity index (χ4v) is 3.81. The van der Waals surface area contributed by atoms with Crippen LogP contribution in [0.2, 0.25) is 0 Å². The van der Waals surface area contributed by atoms with Crippen LogP contribution in [0.3, 0.4) is 0 Å². The minimum atomic E-state index is -0.0842. The number of allylic oxidation sites excluding steroid dienone is 1. The van der Waals surface area contributed by atoms with E-state index in [2.05, 4.69) is 26.7 Å². The van der Waals surface area contributed by atoms with E-state index < -0.39 is 0 Å². The zero-order valence-electron chi connectivity index (χ0n) is 16.7. The lowest BCUT2D eigenvalue weighted by Crippen LogP contribution is -2.14. The van der Waals surface area contributed by atoms with Gasteiger partial charge in [-0.25, -0.2) is 0 Å². The van der Waals surface area contributed by atoms with Gasteiger partial charge in [-0.05, 0) is 42.7 Å². The third kappa shape index (κ3) is 5.30. The van der Waals surface area contributed by atoms with Gasteiger partial charge in [0, 0.05) is 18.2 Å². The van der Waals surface area contributed by atoms with Crippen molar-refractivity contribution in [2.45, 2.75) is 37.1 Å². The van der Waals surface area contributed by atoms with Crippen molar-refractivity contribution in [1.82, 2.24) is 14.8 Å². The van der Waals surface area contributed by atoms with Crippen LogP contribution < -0.4 is 10.1 Å². The molecule has 0 radical (unpaired) electrons. The lowest BCUT2D eigenvalue weighted by molar-refractivity contribution is -0.113. The number of hydrogen-bond acceptors (Lipinski definition) is 5. The standard InChI is InChI=1S/C23H24N4O2S/c1-2-14-27-22(18-8-9-18)25-26-23(27)30-16-21(28)24-19-10-12-20(13-11-19)29-15-17-6-4-3-5-7-17/h2-7,10-13,18H,1,8-9,14-16H2,(H,24,28). The summed E-state index contributed by atoms with van der Waals surface area (Å²) in [6.07, 6.45) is 4.15. The van der Waals surface area contributed by atoms with E-state index in [1.165, 1.54) is 11.8 Å². The van der Waals surface area contributed by atoms with E-state index in [1.807, 2.05) is 60.7 Å². The Balaban J connectivity index is 1.27. The highest BCUT2D eigenvalue weighted by Crippen LogP contribution is 2.40. The van der Waals surface area contributed by atoms with Crippen molar-refractivity contribution in [3.05, 3.63) is 78.6 Å². The number of anilines is 1. The van der Waals surface area contributed by atoms with Crippen molar-refractivity contribution in [2.75, 3.05) is 11.1 Å². The van der Waals surface area contributed by atoms with E-state index in [-0.39, 0.29) is 11.7 Å². The van der Waals surface area contributed by atoms with Crippen LogP contribution in [-0.4, -0.2) is 26.4 Å². The molecule has 0 bridgehead atoms. The monoisotopic (exact) mass is 420 g/mol. The van der Waals surface area contributed by atoms with E-state index in [1.54, 1.807) is 0 Å². The van der Waals surface area contributed by atoms with Crippen molar-refractivity contribution in [2.24, 2.45) is 0 Å². The van der Waals surface area contributed by atoms with E-state index in [0.29, 0.717) is 19.1 Å². The van der Waals surface area contributed by atoms with Gasteiger partial charge in [-0.15, -0.1) is 16.8 Å². The molecule has 1 heterocycles. The number of aromatic nitrogens is 3. The maximum Gasteiger partial charge on any atom is 0.234 e. The van der Waals surface area contributed by atoms with Crippen molar-refractivity contribution < 1.29 is 9.53 Å². The molecule has 1 aliphatic rings. The van der Waals surface area contributed by atoms with Crippen LogP contribution in [0, 0.1) is 0 Å². The highest BCUT2D eigenvalue weighted by atomic mass is 32.2. The molecule has 0 atom stereocenters. The number of nitrogens with zero attached hydrogens (tertiary/aromatic N) is 3. The number of ether oxygens (including phenoxy) is 1. The largest absolute Gasteiger partial charge is 0.489 e. The Morgan fingerprint density at radius 3 is 2.63 bits per heavy atom. The molecule has 30 heavy (non-hydrogen) atoms. The number of nitrogens with one attached hydrogen (secondary N) is 1. The molecular formula is C23H24N4O2S. The number of carbonyl (C=O) groups is 1. The van der Waals surface area contributed by atoms with Crippen LogP contribution in [0.5, 0.6) is 5.75 Å². The summed E-state index contributed by atoms with van der Waals surface area (Å²) < 4.78 is 7.83. The second-order valence-corrected chi connectivity index (χ2v) is 8.09. The summed E-state index contributed by atoms with van der Waals surface area (Å²) in [5.41, 5.74) is 1.85. The van der Waals surface area contributed by atoms with Gasteiger partial charge in [-0.1, -0.05) is 48.2 Å². The second-order valence-electron chi connectivity index (χ2n) is 7.15. The van der Waals surface area contributed by atoms with E-state index in [4.69, 9.17) is 4.74 Å². The molecule has 4 rings (SSSR count). The maximum absolute atomic E-state index is 12.4. The SMILES string of the molecule is C=CCn1c(SCC(=O)Nc2ccc(OCc3ccccc3)cc2)nnc1C1CC1. The topological polar surface area (TPSA) is 69.0 Å². The lowest BCUT2D eigenvalue weighted by atomic mass is 10.2. The van der Waals surface area contributed by atoms with Crippen molar-refractivity contribution in [1.29, 1.82) is 0 Å². The van der Waals surface area contributed by atoms with Gasteiger partial charge in [0.1, 0.15) is 18.2 Å². The van der Waals surface area contributed by atoms with Gasteiger partial charge >= 0.3 is 0 Å². The Morgan fingerprint density at radius 2 is 1.93 bits per heavy atom. The molecule has 7 heteroatoms. The van der Waals surface area contributed by atoms with Crippen molar-refractivity contribution in [3.8, 4) is 5.75 Å². The van der Waals surface area contributed by atoms with E-state index >= 15 is 0 Å². The maximum atomic E-state index is 12.4. The average molecular weight is 421 g/mol. The van der Waals surface area contributed by atoms with Crippen LogP contribution in [0.4, 0.5) is 5.69 Å². The molecule has 1 N–H and O–H groups in total. The summed E-state index contributed by atoms with van der Waals surface area (Å²) in [6.45, 7) is 4.98. The minimum absolute atomic E-state index is 0.0842. The quantitative estimate of drug-likeness (QED) is 0.382. The van der Waals surface area contributed by atoms with Crippen LogP contribution in [0.15, 0.2) is 72.4 Å². The molecule has 1 amide bonds. The van der Waals surface area contributed by atoms with Crippen LogP contribution in [0.25, 0.3) is 0 Å². The molecule has 1 fully saturated rings. The molecule has 3 aromatic rings. The van der Waals surface area contributed by atoms with Gasteiger partial charge in [-0.2, -0.15) is 0 Å². The number of rotatable bonds is 10. The number of amides is 1. The summed E-state index contributed by atoms with van der Waals surface area (Å²) >= 11 is 1.39. The van der Waals surface area contributed by atoms with Gasteiger partial charge in [0.15, 0.2) is 5.16 Å². The van der Waals surface area contributed by atoms with Gasteiger partial charge in [0.25, 0.3) is 0 Å². The molecule has 0 saturated heterocycles. The minimum Gasteiger partial charge on any atom is -0.489 e. The zero-order valence-corrected chi connectivity index (χ0v) is 17.5. The van der Waals surface area contributed by atoms with Crippen molar-refractivity contribution in [3.63, 3.8) is 0 Å². The summed E-state index contributed by atoms with van der Waals surface area (Å²) in [4.78, 5) is 12.4. The van der Waals surface area contributed by atoms with Gasteiger partial charge in [-0.3, -0.25) is 4.79 Å². The van der Waals surface area contributed by atoms with Crippen LogP contribution >= 0.6 is 11.8 Å². The van der Waals surface area contributed by atoms with Gasteiger partial charge in [0.05, 0.1) is 5.75 Å². The third-order valence-corrected chi connectivity index (χ3v) is 5.69. The normalized spacial score (nSPS) is 13.1. The number of hydrogen-bond donors (Lipinski definition) is 1. The predicted octanol–water partition coefficient (Wildman–Crippen LogP) is 4.65. The van der Waals surface area contributed by atoms with Crippen molar-refractivity contribution >= 4 is 23.4 Å². The Kier molecular flexibility index (Phi) is 6.49. The van der Waals surface area contributed by atoms with Crippen LogP contribution in [0.1, 0.15) is 30.1 Å². The molecule has 1 saturated carbocycles. The third-order valence-electron chi connectivity index (χ3n) is 4.72. The predicted molar refractivity (Wildman–Crippen MR) is 119 cm³/mol. The number of benzene rings is 2. The Labute approximate surface area is 180 Å². The molecule has 1 aliphatic carbocycles. The fourth-order valence-electron chi connectivity index (χ4n) is 3.05. The average Bonchev–Trinajstić information content (AvgIpc) is 3.54. The summed E-state index contributed by atoms with van der Waals surface area (Å²) in [7, 11) is 0. The van der Waals surface area contributed by atoms with E-state index in [9.17, 15) is 4.79 Å². The summed E-state index contributed by atoms with van der Waals surface area (Å²) in [6, 6.07) is 17.4. The smallest absolute Gasteiger partial charge is 0.234 e. The first-order valence-corrected chi connectivity index (χ1v) is 10.9. The lowest BCUT2D eigenvalue weighted by Gasteiger charge is -2.09. The molecular weight excluding hydrogens is 396 g/mol. The van der Waals surface area contributed by atoms with Gasteiger partial charge < -0.3 is 14.6 Å². The summed E-state index contributed by atoms with van der Waals surface area (Å²) in [5.74, 6) is 2.45. The van der Waals surface area contributed by atoms with Gasteiger partial charge in [0.2, 0.25) is 5.91 Å². The Hall–Kier alpha value is -3.06. The highest BCUT2D eigenvalue weighted by molar-refractivity contribution is 7.99. The second kappa shape index (κ2) is 9.63. The molecule has 0 unspecified atom stereocenters. The molecule has 154 valence electrons. The molecule has 0 aliphatic heterocycles. The molecule has 0 spiro atoms. The number of carbonyl (C=O) groups excluding carboxylic acids is 1. The van der Waals surface area contributed by atoms with Crippen LogP contribution in [-0.2, 0) is 17.9 Å². The highest BCUT2D eigenvalue weighted by Gasteiger charge is 2.30. The van der Waals surface area contributed by atoms with E-state index in [0.717, 1.165) is 40.8 Å². The first-order chi connectivity index (χ1) is 14.7. The first kappa shape index (κ1) is 20.2. The molecule has 6 nitrogen and oxygen atoms in total. The fraction of sp³-hybridized carbons (Fsp3) is 0.261. The first-order valence-electron chi connectivity index (χ1n) is 9.96. The summed E-state index contributed by atoms with van der Waals surface area (Å²) in [5, 5.41) is 12.2. The molecule has 2 aromatic carbocycles. The number of thioether (sulfide) groups is 1. The molecule has 1 aromatic heterocycles. The Bertz CT molecular complexity index is 998.